The second kappa shape index (κ2) is 7.49. The van der Waals surface area contributed by atoms with Gasteiger partial charge in [-0.05, 0) is 35.1 Å². The van der Waals surface area contributed by atoms with E-state index in [1.807, 2.05) is 0 Å². The zero-order valence-corrected chi connectivity index (χ0v) is 12.3. The van der Waals surface area contributed by atoms with Crippen LogP contribution in [0.1, 0.15) is 37.8 Å². The topological polar surface area (TPSA) is 0 Å². The zero-order valence-electron chi connectivity index (χ0n) is 12.3. The molecule has 0 aromatic heterocycles. The smallest absolute Gasteiger partial charge is 0.0225 e. The molecule has 0 heterocycles. The molecule has 20 heavy (non-hydrogen) atoms. The van der Waals surface area contributed by atoms with Gasteiger partial charge in [-0.3, -0.25) is 0 Å². The average molecular weight is 262 g/mol. The van der Waals surface area contributed by atoms with E-state index in [1.165, 1.54) is 22.3 Å². The Morgan fingerprint density at radius 3 is 1.95 bits per heavy atom. The monoisotopic (exact) mass is 262 g/mol. The van der Waals surface area contributed by atoms with E-state index in [0.29, 0.717) is 0 Å². The van der Waals surface area contributed by atoms with Crippen LogP contribution in [0.4, 0.5) is 0 Å². The molecule has 0 amide bonds. The van der Waals surface area contributed by atoms with Gasteiger partial charge in [-0.2, -0.15) is 0 Å². The molecule has 0 saturated carbocycles. The first-order valence-electron chi connectivity index (χ1n) is 7.35. The largest absolute Gasteiger partial charge is 0.0622 e. The zero-order chi connectivity index (χ0) is 14.2. The van der Waals surface area contributed by atoms with Crippen molar-refractivity contribution >= 4 is 11.6 Å². The minimum Gasteiger partial charge on any atom is -0.0622 e. The van der Waals surface area contributed by atoms with E-state index in [9.17, 15) is 0 Å². The fourth-order valence-corrected chi connectivity index (χ4v) is 2.27. The van der Waals surface area contributed by atoms with Gasteiger partial charge in [0, 0.05) is 0 Å². The van der Waals surface area contributed by atoms with Crippen LogP contribution in [0.5, 0.6) is 0 Å². The minimum atomic E-state index is 1.05. The second-order valence-electron chi connectivity index (χ2n) is 4.87. The van der Waals surface area contributed by atoms with Gasteiger partial charge in [0.1, 0.15) is 0 Å². The predicted molar refractivity (Wildman–Crippen MR) is 89.4 cm³/mol. The summed E-state index contributed by atoms with van der Waals surface area (Å²) in [5.41, 5.74) is 5.36. The first-order chi connectivity index (χ1) is 9.83. The van der Waals surface area contributed by atoms with Crippen LogP contribution in [0, 0.1) is 0 Å². The van der Waals surface area contributed by atoms with Gasteiger partial charge in [-0.15, -0.1) is 0 Å². The number of rotatable bonds is 5. The normalized spacial score (nSPS) is 12.5. The molecule has 0 atom stereocenters. The molecule has 2 aromatic carbocycles. The Balaban J connectivity index is 2.32. The van der Waals surface area contributed by atoms with Crippen molar-refractivity contribution in [2.75, 3.05) is 0 Å². The van der Waals surface area contributed by atoms with E-state index < -0.39 is 0 Å². The van der Waals surface area contributed by atoms with Crippen molar-refractivity contribution in [3.8, 4) is 0 Å². The van der Waals surface area contributed by atoms with Crippen LogP contribution in [-0.2, 0) is 0 Å². The highest BCUT2D eigenvalue weighted by Crippen LogP contribution is 2.22. The quantitative estimate of drug-likeness (QED) is 0.582. The molecule has 0 aliphatic carbocycles. The molecule has 0 nitrogen and oxygen atoms in total. The Hall–Kier alpha value is -2.08. The number of benzene rings is 2. The highest BCUT2D eigenvalue weighted by molar-refractivity contribution is 5.70. The van der Waals surface area contributed by atoms with Crippen LogP contribution < -0.4 is 0 Å². The second-order valence-corrected chi connectivity index (χ2v) is 4.87. The van der Waals surface area contributed by atoms with Crippen LogP contribution in [0.25, 0.3) is 11.6 Å². The molecule has 0 fully saturated rings. The van der Waals surface area contributed by atoms with Gasteiger partial charge in [-0.1, -0.05) is 86.7 Å². The molecule has 2 aromatic rings. The van der Waals surface area contributed by atoms with Crippen molar-refractivity contribution in [1.82, 2.24) is 0 Å². The van der Waals surface area contributed by atoms with Gasteiger partial charge < -0.3 is 0 Å². The van der Waals surface area contributed by atoms with Gasteiger partial charge >= 0.3 is 0 Å². The Morgan fingerprint density at radius 1 is 0.800 bits per heavy atom. The summed E-state index contributed by atoms with van der Waals surface area (Å²) < 4.78 is 0. The van der Waals surface area contributed by atoms with Crippen molar-refractivity contribution < 1.29 is 0 Å². The maximum absolute atomic E-state index is 2.34. The molecular formula is C20H22. The molecule has 0 heteroatoms. The number of hydrogen-bond donors (Lipinski definition) is 0. The molecule has 0 aliphatic heterocycles. The highest BCUT2D eigenvalue weighted by atomic mass is 14.0. The fraction of sp³-hybridized carbons (Fsp3) is 0.200. The number of allylic oxidation sites excluding steroid dienone is 3. The molecule has 2 rings (SSSR count). The maximum Gasteiger partial charge on any atom is -0.0225 e. The van der Waals surface area contributed by atoms with Crippen LogP contribution in [0.2, 0.25) is 0 Å². The summed E-state index contributed by atoms with van der Waals surface area (Å²) in [5.74, 6) is 0. The Labute approximate surface area is 122 Å². The van der Waals surface area contributed by atoms with Gasteiger partial charge in [0.2, 0.25) is 0 Å². The average Bonchev–Trinajstić information content (AvgIpc) is 2.53. The minimum absolute atomic E-state index is 1.05. The fourth-order valence-electron chi connectivity index (χ4n) is 2.27. The van der Waals surface area contributed by atoms with E-state index in [4.69, 9.17) is 0 Å². The summed E-state index contributed by atoms with van der Waals surface area (Å²) in [6.45, 7) is 4.43. The summed E-state index contributed by atoms with van der Waals surface area (Å²) in [6, 6.07) is 21.2. The number of hydrogen-bond acceptors (Lipinski definition) is 0. The van der Waals surface area contributed by atoms with Gasteiger partial charge in [0.15, 0.2) is 0 Å². The molecule has 102 valence electrons. The maximum atomic E-state index is 2.34. The summed E-state index contributed by atoms with van der Waals surface area (Å²) >= 11 is 0. The van der Waals surface area contributed by atoms with Gasteiger partial charge in [0.25, 0.3) is 0 Å². The van der Waals surface area contributed by atoms with Gasteiger partial charge in [0.05, 0.1) is 0 Å². The van der Waals surface area contributed by atoms with Gasteiger partial charge in [-0.25, -0.2) is 0 Å². The van der Waals surface area contributed by atoms with E-state index in [2.05, 4.69) is 86.7 Å². The lowest BCUT2D eigenvalue weighted by molar-refractivity contribution is 1.15. The molecule has 0 bridgehead atoms. The lowest BCUT2D eigenvalue weighted by Gasteiger charge is -2.07. The molecule has 0 aliphatic rings. The lowest BCUT2D eigenvalue weighted by atomic mass is 9.98. The third-order valence-corrected chi connectivity index (χ3v) is 3.44. The Morgan fingerprint density at radius 2 is 1.40 bits per heavy atom. The first kappa shape index (κ1) is 14.3. The predicted octanol–water partition coefficient (Wildman–Crippen LogP) is 5.97. The van der Waals surface area contributed by atoms with E-state index in [1.54, 1.807) is 0 Å². The third kappa shape index (κ3) is 3.96. The SMILES string of the molecule is CCC(=Cc1ccccc1)C=C(CC)c1ccccc1. The molecule has 0 radical (unpaired) electrons. The van der Waals surface area contributed by atoms with Crippen LogP contribution >= 0.6 is 0 Å². The standard InChI is InChI=1S/C20H22/c1-3-17(15-18-11-7-5-8-12-18)16-19(4-2)20-13-9-6-10-14-20/h5-16H,3-4H2,1-2H3. The summed E-state index contributed by atoms with van der Waals surface area (Å²) in [4.78, 5) is 0. The van der Waals surface area contributed by atoms with E-state index in [-0.39, 0.29) is 0 Å². The molecular weight excluding hydrogens is 240 g/mol. The van der Waals surface area contributed by atoms with Crippen molar-refractivity contribution in [3.63, 3.8) is 0 Å². The van der Waals surface area contributed by atoms with Crippen molar-refractivity contribution in [2.45, 2.75) is 26.7 Å². The van der Waals surface area contributed by atoms with Crippen LogP contribution in [0.15, 0.2) is 72.3 Å². The summed E-state index contributed by atoms with van der Waals surface area (Å²) in [6.07, 6.45) is 6.71. The van der Waals surface area contributed by atoms with Crippen molar-refractivity contribution in [3.05, 3.63) is 83.4 Å². The summed E-state index contributed by atoms with van der Waals surface area (Å²) in [7, 11) is 0. The first-order valence-corrected chi connectivity index (χ1v) is 7.35. The molecule has 0 N–H and O–H groups in total. The van der Waals surface area contributed by atoms with Crippen molar-refractivity contribution in [1.29, 1.82) is 0 Å². The lowest BCUT2D eigenvalue weighted by Crippen LogP contribution is -1.85. The van der Waals surface area contributed by atoms with Crippen molar-refractivity contribution in [2.24, 2.45) is 0 Å². The third-order valence-electron chi connectivity index (χ3n) is 3.44. The Bertz CT molecular complexity index is 574. The van der Waals surface area contributed by atoms with Crippen LogP contribution in [0.3, 0.4) is 0 Å². The van der Waals surface area contributed by atoms with E-state index >= 15 is 0 Å². The molecule has 0 unspecified atom stereocenters. The highest BCUT2D eigenvalue weighted by Gasteiger charge is 2.00. The van der Waals surface area contributed by atoms with Crippen LogP contribution in [-0.4, -0.2) is 0 Å². The Kier molecular flexibility index (Phi) is 5.37. The summed E-state index contributed by atoms with van der Waals surface area (Å²) in [5, 5.41) is 0. The molecule has 0 saturated heterocycles. The van der Waals surface area contributed by atoms with E-state index in [0.717, 1.165) is 12.8 Å². The molecule has 0 spiro atoms.